The Morgan fingerprint density at radius 1 is 1.60 bits per heavy atom. The van der Waals surface area contributed by atoms with Crippen molar-refractivity contribution in [1.29, 1.82) is 5.26 Å². The summed E-state index contributed by atoms with van der Waals surface area (Å²) in [4.78, 5) is 21.9. The number of carbonyl (C=O) groups is 2. The van der Waals surface area contributed by atoms with Crippen molar-refractivity contribution in [2.75, 3.05) is 12.0 Å². The summed E-state index contributed by atoms with van der Waals surface area (Å²) in [5, 5.41) is 13.1. The minimum absolute atomic E-state index is 0.0997. The van der Waals surface area contributed by atoms with E-state index < -0.39 is 0 Å². The molecule has 0 spiro atoms. The third-order valence-corrected chi connectivity index (χ3v) is 2.18. The van der Waals surface area contributed by atoms with Gasteiger partial charge >= 0.3 is 0 Å². The highest BCUT2D eigenvalue weighted by Gasteiger charge is 2.06. The Balaban J connectivity index is 4.33. The van der Waals surface area contributed by atoms with Crippen LogP contribution in [0.5, 0.6) is 0 Å². The van der Waals surface area contributed by atoms with Gasteiger partial charge in [0.2, 0.25) is 5.91 Å². The zero-order valence-electron chi connectivity index (χ0n) is 8.66. The fraction of sp³-hybridized carbons (Fsp3) is 0.444. The minimum atomic E-state index is -0.231. The van der Waals surface area contributed by atoms with Crippen LogP contribution in [0.3, 0.4) is 0 Å². The summed E-state index contributed by atoms with van der Waals surface area (Å²) in [7, 11) is 0. The van der Waals surface area contributed by atoms with E-state index in [0.717, 1.165) is 0 Å². The van der Waals surface area contributed by atoms with Crippen LogP contribution in [0.25, 0.3) is 0 Å². The van der Waals surface area contributed by atoms with Gasteiger partial charge in [-0.05, 0) is 13.2 Å². The lowest BCUT2D eigenvalue weighted by Crippen LogP contribution is -2.26. The Morgan fingerprint density at radius 2 is 2.27 bits per heavy atom. The number of rotatable bonds is 6. The third-order valence-electron chi connectivity index (χ3n) is 1.57. The van der Waals surface area contributed by atoms with Crippen molar-refractivity contribution in [3.63, 3.8) is 0 Å². The number of aldehydes is 1. The molecule has 0 atom stereocenters. The number of nitriles is 1. The molecule has 0 radical (unpaired) electrons. The van der Waals surface area contributed by atoms with Crippen LogP contribution in [0.15, 0.2) is 11.4 Å². The number of carbonyl (C=O) groups excluding carboxylic acids is 2. The smallest absolute Gasteiger partial charge is 0.225 e. The van der Waals surface area contributed by atoms with E-state index in [1.54, 1.807) is 24.9 Å². The second kappa shape index (κ2) is 7.88. The Labute approximate surface area is 92.9 Å². The van der Waals surface area contributed by atoms with E-state index in [1.165, 1.54) is 0 Å². The molecular weight excluding hydrogens is 214 g/mol. The van der Waals surface area contributed by atoms with E-state index in [1.807, 2.05) is 6.26 Å². The maximum absolute atomic E-state index is 11.3. The van der Waals surface area contributed by atoms with Crippen LogP contribution >= 0.6 is 11.8 Å². The molecule has 0 aliphatic heterocycles. The highest BCUT2D eigenvalue weighted by molar-refractivity contribution is 7.98. The predicted molar refractivity (Wildman–Crippen MR) is 58.7 cm³/mol. The summed E-state index contributed by atoms with van der Waals surface area (Å²) in [5.41, 5.74) is 0.438. The van der Waals surface area contributed by atoms with E-state index in [9.17, 15) is 9.59 Å². The third kappa shape index (κ3) is 5.75. The van der Waals surface area contributed by atoms with Crippen LogP contribution in [0.4, 0.5) is 0 Å². The molecule has 15 heavy (non-hydrogen) atoms. The van der Waals surface area contributed by atoms with E-state index in [0.29, 0.717) is 24.2 Å². The summed E-state index contributed by atoms with van der Waals surface area (Å²) in [6.07, 6.45) is 4.43. The van der Waals surface area contributed by atoms with Gasteiger partial charge < -0.3 is 5.32 Å². The van der Waals surface area contributed by atoms with Gasteiger partial charge in [-0.2, -0.15) is 17.0 Å². The van der Waals surface area contributed by atoms with Gasteiger partial charge in [-0.3, -0.25) is 14.9 Å². The van der Waals surface area contributed by atoms with Gasteiger partial charge in [0, 0.05) is 17.9 Å². The average Bonchev–Trinajstić information content (AvgIpc) is 2.23. The molecule has 0 bridgehead atoms. The van der Waals surface area contributed by atoms with Gasteiger partial charge in [-0.15, -0.1) is 0 Å². The molecule has 0 aliphatic rings. The fourth-order valence-corrected chi connectivity index (χ4v) is 1.16. The molecule has 1 amide bonds. The molecule has 0 aromatic heterocycles. The van der Waals surface area contributed by atoms with Crippen molar-refractivity contribution in [2.45, 2.75) is 13.3 Å². The largest absolute Gasteiger partial charge is 0.322 e. The first kappa shape index (κ1) is 13.5. The molecule has 82 valence electrons. The quantitative estimate of drug-likeness (QED) is 0.296. The van der Waals surface area contributed by atoms with E-state index in [2.05, 4.69) is 10.6 Å². The van der Waals surface area contributed by atoms with Gasteiger partial charge in [0.1, 0.15) is 5.70 Å². The predicted octanol–water partition coefficient (Wildman–Crippen LogP) is 0.357. The molecular formula is C9H13N3O2S. The molecule has 2 N–H and O–H groups in total. The summed E-state index contributed by atoms with van der Waals surface area (Å²) >= 11 is 1.55. The maximum atomic E-state index is 11.3. The van der Waals surface area contributed by atoms with Crippen LogP contribution in [0.2, 0.25) is 0 Å². The zero-order chi connectivity index (χ0) is 11.7. The summed E-state index contributed by atoms with van der Waals surface area (Å²) in [6, 6.07) is 0. The Morgan fingerprint density at radius 3 is 2.73 bits per heavy atom. The molecule has 0 aromatic carbocycles. The molecule has 0 rings (SSSR count). The van der Waals surface area contributed by atoms with Gasteiger partial charge in [0.25, 0.3) is 0 Å². The molecule has 0 saturated heterocycles. The number of amides is 1. The molecule has 0 fully saturated rings. The van der Waals surface area contributed by atoms with Crippen molar-refractivity contribution >= 4 is 24.0 Å². The maximum Gasteiger partial charge on any atom is 0.225 e. The lowest BCUT2D eigenvalue weighted by molar-refractivity contribution is -0.121. The van der Waals surface area contributed by atoms with E-state index in [-0.39, 0.29) is 11.6 Å². The number of allylic oxidation sites excluding steroid dienone is 2. The SMILES string of the molecule is CSCCC(=O)N/C(C=O)=C(/C)NC#N. The summed E-state index contributed by atoms with van der Waals surface area (Å²) < 4.78 is 0. The monoisotopic (exact) mass is 227 g/mol. The minimum Gasteiger partial charge on any atom is -0.322 e. The molecule has 0 aromatic rings. The van der Waals surface area contributed by atoms with Gasteiger partial charge in [0.15, 0.2) is 12.5 Å². The van der Waals surface area contributed by atoms with Crippen LogP contribution in [-0.4, -0.2) is 24.2 Å². The number of hydrogen-bond donors (Lipinski definition) is 2. The van der Waals surface area contributed by atoms with Crippen molar-refractivity contribution in [1.82, 2.24) is 10.6 Å². The number of hydrogen-bond acceptors (Lipinski definition) is 5. The number of nitrogens with one attached hydrogen (secondary N) is 2. The first-order chi connectivity index (χ1) is 7.15. The number of thioether (sulfide) groups is 1. The zero-order valence-corrected chi connectivity index (χ0v) is 9.48. The average molecular weight is 227 g/mol. The van der Waals surface area contributed by atoms with E-state index in [4.69, 9.17) is 5.26 Å². The normalized spacial score (nSPS) is 11.0. The number of nitrogens with zero attached hydrogens (tertiary/aromatic N) is 1. The standard InChI is InChI=1S/C9H13N3O2S/c1-7(11-6-10)8(5-13)12-9(14)3-4-15-2/h5,11H,3-4H2,1-2H3,(H,12,14)/b8-7-. The van der Waals surface area contributed by atoms with Crippen LogP contribution in [0, 0.1) is 11.5 Å². The van der Waals surface area contributed by atoms with Crippen molar-refractivity contribution in [3.05, 3.63) is 11.4 Å². The summed E-state index contributed by atoms with van der Waals surface area (Å²) in [5.74, 6) is 0.466. The van der Waals surface area contributed by atoms with Crippen molar-refractivity contribution in [3.8, 4) is 6.19 Å². The topological polar surface area (TPSA) is 82.0 Å². The van der Waals surface area contributed by atoms with Crippen molar-refractivity contribution < 1.29 is 9.59 Å². The molecule has 0 heterocycles. The summed E-state index contributed by atoms with van der Waals surface area (Å²) in [6.45, 7) is 1.54. The molecule has 0 saturated carbocycles. The first-order valence-corrected chi connectivity index (χ1v) is 5.65. The fourth-order valence-electron chi connectivity index (χ4n) is 0.770. The lowest BCUT2D eigenvalue weighted by Gasteiger charge is -2.06. The van der Waals surface area contributed by atoms with E-state index >= 15 is 0 Å². The highest BCUT2D eigenvalue weighted by atomic mass is 32.2. The second-order valence-electron chi connectivity index (χ2n) is 2.68. The Kier molecular flexibility index (Phi) is 7.10. The molecule has 6 heteroatoms. The molecule has 5 nitrogen and oxygen atoms in total. The highest BCUT2D eigenvalue weighted by Crippen LogP contribution is 1.98. The Bertz CT molecular complexity index is 307. The van der Waals surface area contributed by atoms with Crippen LogP contribution in [0.1, 0.15) is 13.3 Å². The van der Waals surface area contributed by atoms with Crippen LogP contribution in [-0.2, 0) is 9.59 Å². The van der Waals surface area contributed by atoms with Crippen LogP contribution < -0.4 is 10.6 Å². The van der Waals surface area contributed by atoms with Crippen molar-refractivity contribution in [2.24, 2.45) is 0 Å². The lowest BCUT2D eigenvalue weighted by atomic mass is 10.3. The first-order valence-electron chi connectivity index (χ1n) is 4.25. The molecule has 0 unspecified atom stereocenters. The molecule has 0 aliphatic carbocycles. The van der Waals surface area contributed by atoms with Gasteiger partial charge in [-0.1, -0.05) is 0 Å². The van der Waals surface area contributed by atoms with Gasteiger partial charge in [-0.25, -0.2) is 0 Å². The Hall–Kier alpha value is -1.48. The van der Waals surface area contributed by atoms with Gasteiger partial charge in [0.05, 0.1) is 0 Å². The second-order valence-corrected chi connectivity index (χ2v) is 3.67.